The minimum absolute atomic E-state index is 0.0657. The van der Waals surface area contributed by atoms with E-state index < -0.39 is 0 Å². The number of carbonyl (C=O) groups is 1. The van der Waals surface area contributed by atoms with E-state index in [0.717, 1.165) is 28.2 Å². The molecule has 0 saturated carbocycles. The van der Waals surface area contributed by atoms with Gasteiger partial charge in [0.15, 0.2) is 16.8 Å². The molecule has 0 aliphatic carbocycles. The topological polar surface area (TPSA) is 57.0 Å². The first-order chi connectivity index (χ1) is 12.1. The van der Waals surface area contributed by atoms with Crippen LogP contribution in [0.4, 0.5) is 0 Å². The van der Waals surface area contributed by atoms with Gasteiger partial charge in [-0.05, 0) is 49.6 Å². The minimum atomic E-state index is -0.251. The highest BCUT2D eigenvalue weighted by atomic mass is 32.2. The van der Waals surface area contributed by atoms with Gasteiger partial charge in [0, 0.05) is 12.1 Å². The van der Waals surface area contributed by atoms with E-state index >= 15 is 0 Å². The predicted molar refractivity (Wildman–Crippen MR) is 102 cm³/mol. The summed E-state index contributed by atoms with van der Waals surface area (Å²) < 4.78 is 7.19. The van der Waals surface area contributed by atoms with Crippen molar-refractivity contribution in [2.24, 2.45) is 0 Å². The summed E-state index contributed by atoms with van der Waals surface area (Å²) in [6, 6.07) is 11.2. The third-order valence-electron chi connectivity index (χ3n) is 3.80. The number of ketones is 1. The monoisotopic (exact) mass is 373 g/mol. The maximum atomic E-state index is 12.7. The van der Waals surface area contributed by atoms with Gasteiger partial charge in [0.25, 0.3) is 0 Å². The molecule has 1 unspecified atom stereocenters. The van der Waals surface area contributed by atoms with E-state index in [4.69, 9.17) is 4.74 Å². The average Bonchev–Trinajstić information content (AvgIpc) is 3.30. The van der Waals surface area contributed by atoms with Crippen LogP contribution in [0.5, 0.6) is 5.75 Å². The lowest BCUT2D eigenvalue weighted by atomic mass is 10.1. The zero-order valence-electron chi connectivity index (χ0n) is 14.3. The molecular weight excluding hydrogens is 354 g/mol. The maximum Gasteiger partial charge on any atom is 0.192 e. The molecule has 130 valence electrons. The third kappa shape index (κ3) is 3.77. The number of carbonyl (C=O) groups excluding carboxylic acids is 1. The number of aromatic nitrogens is 3. The van der Waals surface area contributed by atoms with Crippen LogP contribution in [0.1, 0.15) is 24.2 Å². The number of thioether (sulfide) groups is 1. The zero-order chi connectivity index (χ0) is 17.8. The SMILES string of the molecule is CCn1c(SC(C)C(=O)c2ccc(OC)cc2)nnc1-c1cccs1. The summed E-state index contributed by atoms with van der Waals surface area (Å²) in [5, 5.41) is 11.1. The minimum Gasteiger partial charge on any atom is -0.497 e. The second-order valence-electron chi connectivity index (χ2n) is 5.38. The third-order valence-corrected chi connectivity index (χ3v) is 5.75. The smallest absolute Gasteiger partial charge is 0.192 e. The number of thiophene rings is 1. The molecule has 3 aromatic rings. The Kier molecular flexibility index (Phi) is 5.55. The highest BCUT2D eigenvalue weighted by Crippen LogP contribution is 2.30. The van der Waals surface area contributed by atoms with Gasteiger partial charge >= 0.3 is 0 Å². The van der Waals surface area contributed by atoms with Gasteiger partial charge in [0.1, 0.15) is 5.75 Å². The van der Waals surface area contributed by atoms with Crippen molar-refractivity contribution in [2.45, 2.75) is 30.8 Å². The Morgan fingerprint density at radius 3 is 2.64 bits per heavy atom. The van der Waals surface area contributed by atoms with E-state index in [9.17, 15) is 4.79 Å². The summed E-state index contributed by atoms with van der Waals surface area (Å²) >= 11 is 3.07. The standard InChI is InChI=1S/C18H19N3O2S2/c1-4-21-17(15-6-5-11-24-15)19-20-18(21)25-12(2)16(22)13-7-9-14(23-3)10-8-13/h5-12H,4H2,1-3H3. The summed E-state index contributed by atoms with van der Waals surface area (Å²) in [6.45, 7) is 4.71. The lowest BCUT2D eigenvalue weighted by Gasteiger charge is -2.11. The number of rotatable bonds is 7. The van der Waals surface area contributed by atoms with Crippen molar-refractivity contribution >= 4 is 28.9 Å². The van der Waals surface area contributed by atoms with Crippen molar-refractivity contribution in [1.29, 1.82) is 0 Å². The molecule has 0 fully saturated rings. The fourth-order valence-electron chi connectivity index (χ4n) is 2.45. The summed E-state index contributed by atoms with van der Waals surface area (Å²) in [6.07, 6.45) is 0. The highest BCUT2D eigenvalue weighted by Gasteiger charge is 2.21. The van der Waals surface area contributed by atoms with Crippen LogP contribution in [0.15, 0.2) is 46.9 Å². The number of benzene rings is 1. The molecular formula is C18H19N3O2S2. The molecule has 0 bridgehead atoms. The van der Waals surface area contributed by atoms with Gasteiger partial charge in [0.05, 0.1) is 17.2 Å². The normalized spacial score (nSPS) is 12.1. The van der Waals surface area contributed by atoms with E-state index in [1.807, 2.05) is 29.0 Å². The molecule has 2 heterocycles. The number of hydrogen-bond acceptors (Lipinski definition) is 6. The summed E-state index contributed by atoms with van der Waals surface area (Å²) in [4.78, 5) is 13.7. The lowest BCUT2D eigenvalue weighted by Crippen LogP contribution is -2.14. The first kappa shape index (κ1) is 17.7. The second kappa shape index (κ2) is 7.84. The largest absolute Gasteiger partial charge is 0.497 e. The van der Waals surface area contributed by atoms with Gasteiger partial charge in [-0.25, -0.2) is 0 Å². The van der Waals surface area contributed by atoms with Gasteiger partial charge < -0.3 is 9.30 Å². The summed E-state index contributed by atoms with van der Waals surface area (Å²) in [7, 11) is 1.61. The Balaban J connectivity index is 1.78. The zero-order valence-corrected chi connectivity index (χ0v) is 15.9. The molecule has 0 spiro atoms. The molecule has 0 amide bonds. The van der Waals surface area contributed by atoms with Crippen LogP contribution < -0.4 is 4.74 Å². The average molecular weight is 374 g/mol. The highest BCUT2D eigenvalue weighted by molar-refractivity contribution is 8.00. The first-order valence-electron chi connectivity index (χ1n) is 7.96. The van der Waals surface area contributed by atoms with Gasteiger partial charge in [0.2, 0.25) is 0 Å². The molecule has 2 aromatic heterocycles. The Hall–Kier alpha value is -2.12. The van der Waals surface area contributed by atoms with Crippen molar-refractivity contribution in [3.8, 4) is 16.5 Å². The van der Waals surface area contributed by atoms with Crippen molar-refractivity contribution in [1.82, 2.24) is 14.8 Å². The van der Waals surface area contributed by atoms with Crippen LogP contribution in [0.2, 0.25) is 0 Å². The Bertz CT molecular complexity index is 842. The van der Waals surface area contributed by atoms with E-state index in [2.05, 4.69) is 17.1 Å². The quantitative estimate of drug-likeness (QED) is 0.454. The first-order valence-corrected chi connectivity index (χ1v) is 9.72. The molecule has 5 nitrogen and oxygen atoms in total. The Morgan fingerprint density at radius 1 is 1.28 bits per heavy atom. The number of nitrogens with zero attached hydrogens (tertiary/aromatic N) is 3. The van der Waals surface area contributed by atoms with Crippen LogP contribution in [-0.2, 0) is 6.54 Å². The molecule has 7 heteroatoms. The predicted octanol–water partition coefficient (Wildman–Crippen LogP) is 4.40. The Labute approximate surface area is 155 Å². The Morgan fingerprint density at radius 2 is 2.04 bits per heavy atom. The second-order valence-corrected chi connectivity index (χ2v) is 7.64. The molecule has 1 atom stereocenters. The molecule has 0 aliphatic rings. The van der Waals surface area contributed by atoms with Crippen molar-refractivity contribution in [3.63, 3.8) is 0 Å². The molecule has 1 aromatic carbocycles. The van der Waals surface area contributed by atoms with E-state index in [-0.39, 0.29) is 11.0 Å². The van der Waals surface area contributed by atoms with Gasteiger partial charge in [-0.2, -0.15) is 0 Å². The number of methoxy groups -OCH3 is 1. The summed E-state index contributed by atoms with van der Waals surface area (Å²) in [5.74, 6) is 1.66. The molecule has 25 heavy (non-hydrogen) atoms. The number of Topliss-reactive ketones (excluding diaryl/α,β-unsaturated/α-hetero) is 1. The van der Waals surface area contributed by atoms with Crippen LogP contribution in [-0.4, -0.2) is 32.9 Å². The number of hydrogen-bond donors (Lipinski definition) is 0. The van der Waals surface area contributed by atoms with Gasteiger partial charge in [-0.3, -0.25) is 4.79 Å². The number of ether oxygens (including phenoxy) is 1. The fourth-order valence-corrected chi connectivity index (χ4v) is 4.16. The van der Waals surface area contributed by atoms with Crippen LogP contribution >= 0.6 is 23.1 Å². The van der Waals surface area contributed by atoms with Crippen molar-refractivity contribution in [2.75, 3.05) is 7.11 Å². The van der Waals surface area contributed by atoms with Crippen LogP contribution in [0.25, 0.3) is 10.7 Å². The maximum absolute atomic E-state index is 12.7. The summed E-state index contributed by atoms with van der Waals surface area (Å²) in [5.41, 5.74) is 0.668. The van der Waals surface area contributed by atoms with Gasteiger partial charge in [-0.1, -0.05) is 17.8 Å². The lowest BCUT2D eigenvalue weighted by molar-refractivity contribution is 0.0994. The van der Waals surface area contributed by atoms with Crippen LogP contribution in [0.3, 0.4) is 0 Å². The molecule has 3 rings (SSSR count). The van der Waals surface area contributed by atoms with Crippen molar-refractivity contribution < 1.29 is 9.53 Å². The molecule has 0 aliphatic heterocycles. The van der Waals surface area contributed by atoms with Crippen molar-refractivity contribution in [3.05, 3.63) is 47.3 Å². The molecule has 0 N–H and O–H groups in total. The molecule has 0 saturated heterocycles. The van der Waals surface area contributed by atoms with E-state index in [1.165, 1.54) is 11.8 Å². The van der Waals surface area contributed by atoms with Crippen LogP contribution in [0, 0.1) is 0 Å². The van der Waals surface area contributed by atoms with E-state index in [1.54, 1.807) is 42.7 Å². The van der Waals surface area contributed by atoms with E-state index in [0.29, 0.717) is 5.56 Å². The molecule has 0 radical (unpaired) electrons. The van der Waals surface area contributed by atoms with Gasteiger partial charge in [-0.15, -0.1) is 21.5 Å². The fraction of sp³-hybridized carbons (Fsp3) is 0.278.